The molecule has 0 aliphatic rings. The van der Waals surface area contributed by atoms with E-state index in [0.29, 0.717) is 29.1 Å². The van der Waals surface area contributed by atoms with Gasteiger partial charge in [-0.3, -0.25) is 0 Å². The zero-order valence-electron chi connectivity index (χ0n) is 17.4. The van der Waals surface area contributed by atoms with E-state index in [1.54, 1.807) is 10.6 Å². The third-order valence-corrected chi connectivity index (χ3v) is 5.19. The van der Waals surface area contributed by atoms with Crippen LogP contribution in [0.2, 0.25) is 5.02 Å². The Morgan fingerprint density at radius 2 is 1.88 bits per heavy atom. The lowest BCUT2D eigenvalue weighted by atomic mass is 10.0. The predicted molar refractivity (Wildman–Crippen MR) is 123 cm³/mol. The molecule has 2 heterocycles. The smallest absolute Gasteiger partial charge is 0.256 e. The lowest BCUT2D eigenvalue weighted by molar-refractivity contribution is 0.191. The number of nitriles is 1. The van der Waals surface area contributed by atoms with Crippen LogP contribution in [0.4, 0.5) is 11.8 Å². The van der Waals surface area contributed by atoms with Crippen LogP contribution in [0.15, 0.2) is 60.7 Å². The van der Waals surface area contributed by atoms with Crippen LogP contribution in [-0.4, -0.2) is 31.2 Å². The number of aromatic nitrogens is 4. The number of nitrogens with zero attached hydrogens (tertiary/aromatic N) is 5. The zero-order valence-corrected chi connectivity index (χ0v) is 18.2. The van der Waals surface area contributed by atoms with Gasteiger partial charge in [0.1, 0.15) is 5.82 Å². The Kier molecular flexibility index (Phi) is 6.50. The fourth-order valence-corrected chi connectivity index (χ4v) is 3.59. The monoisotopic (exact) mass is 447 g/mol. The number of aliphatic hydroxyl groups excluding tert-OH is 1. The van der Waals surface area contributed by atoms with Gasteiger partial charge < -0.3 is 15.7 Å². The molecule has 0 saturated heterocycles. The van der Waals surface area contributed by atoms with Crippen molar-refractivity contribution in [2.24, 2.45) is 0 Å². The van der Waals surface area contributed by atoms with Crippen molar-refractivity contribution in [2.75, 3.05) is 17.2 Å². The molecule has 9 heteroatoms. The molecule has 0 aliphatic carbocycles. The summed E-state index contributed by atoms with van der Waals surface area (Å²) in [6, 6.07) is 20.5. The number of aliphatic hydroxyl groups is 1. The largest absolute Gasteiger partial charge is 0.387 e. The minimum atomic E-state index is -0.677. The van der Waals surface area contributed by atoms with Gasteiger partial charge in [0.15, 0.2) is 0 Å². The molecule has 162 valence electrons. The predicted octanol–water partition coefficient (Wildman–Crippen LogP) is 4.30. The van der Waals surface area contributed by atoms with Crippen molar-refractivity contribution in [3.05, 3.63) is 82.5 Å². The van der Waals surface area contributed by atoms with E-state index in [1.807, 2.05) is 61.5 Å². The number of halogens is 1. The second-order valence-corrected chi connectivity index (χ2v) is 7.79. The highest BCUT2D eigenvalue weighted by Gasteiger charge is 2.17. The number of nitrogens with one attached hydrogen (secondary N) is 2. The summed E-state index contributed by atoms with van der Waals surface area (Å²) in [5.41, 5.74) is 2.45. The molecule has 0 saturated carbocycles. The van der Waals surface area contributed by atoms with Gasteiger partial charge in [-0.2, -0.15) is 14.8 Å². The Balaban J connectivity index is 1.57. The Morgan fingerprint density at radius 1 is 1.09 bits per heavy atom. The van der Waals surface area contributed by atoms with E-state index in [9.17, 15) is 10.4 Å². The van der Waals surface area contributed by atoms with Gasteiger partial charge in [0.2, 0.25) is 5.95 Å². The van der Waals surface area contributed by atoms with Crippen molar-refractivity contribution in [3.8, 4) is 6.07 Å². The van der Waals surface area contributed by atoms with E-state index < -0.39 is 6.10 Å². The van der Waals surface area contributed by atoms with Crippen LogP contribution in [0.5, 0.6) is 0 Å². The molecule has 2 atom stereocenters. The first-order chi connectivity index (χ1) is 15.5. The molecule has 4 aromatic rings. The number of hydrogen-bond acceptors (Lipinski definition) is 7. The molecule has 8 nitrogen and oxygen atoms in total. The van der Waals surface area contributed by atoms with Crippen molar-refractivity contribution >= 4 is 29.1 Å². The zero-order chi connectivity index (χ0) is 22.5. The van der Waals surface area contributed by atoms with Crippen molar-refractivity contribution in [1.29, 1.82) is 5.26 Å². The average molecular weight is 448 g/mol. The molecule has 0 fully saturated rings. The Bertz CT molecular complexity index is 1250. The topological polar surface area (TPSA) is 111 Å². The van der Waals surface area contributed by atoms with Crippen LogP contribution in [0, 0.1) is 18.3 Å². The summed E-state index contributed by atoms with van der Waals surface area (Å²) in [5, 5.41) is 31.3. The van der Waals surface area contributed by atoms with Gasteiger partial charge >= 0.3 is 0 Å². The third kappa shape index (κ3) is 4.97. The number of aryl methyl sites for hydroxylation is 1. The first-order valence-electron chi connectivity index (χ1n) is 10.1. The molecule has 0 radical (unpaired) electrons. The number of rotatable bonds is 8. The number of hydrogen-bond donors (Lipinski definition) is 3. The van der Waals surface area contributed by atoms with E-state index in [4.69, 9.17) is 11.6 Å². The molecule has 0 spiro atoms. The van der Waals surface area contributed by atoms with Crippen LogP contribution in [0.1, 0.15) is 35.4 Å². The SMILES string of the molecule is Cc1cc(NC[C@@H](O)c2ccccc2)n2nc(N[C@H](CC#N)c3cccc(Cl)c3)nc2n1. The van der Waals surface area contributed by atoms with Gasteiger partial charge in [-0.15, -0.1) is 5.10 Å². The van der Waals surface area contributed by atoms with Crippen LogP contribution in [0.25, 0.3) is 5.78 Å². The molecule has 0 amide bonds. The fourth-order valence-electron chi connectivity index (χ4n) is 3.39. The van der Waals surface area contributed by atoms with Crippen molar-refractivity contribution in [1.82, 2.24) is 19.6 Å². The Morgan fingerprint density at radius 3 is 2.62 bits per heavy atom. The van der Waals surface area contributed by atoms with E-state index in [2.05, 4.69) is 31.8 Å². The molecule has 32 heavy (non-hydrogen) atoms. The van der Waals surface area contributed by atoms with Crippen molar-refractivity contribution in [2.45, 2.75) is 25.5 Å². The third-order valence-electron chi connectivity index (χ3n) is 4.95. The van der Waals surface area contributed by atoms with Gasteiger partial charge in [-0.05, 0) is 30.2 Å². The number of fused-ring (bicyclic) bond motifs is 1. The van der Waals surface area contributed by atoms with Crippen LogP contribution >= 0.6 is 11.6 Å². The molecule has 2 aromatic carbocycles. The van der Waals surface area contributed by atoms with Crippen LogP contribution in [0.3, 0.4) is 0 Å². The van der Waals surface area contributed by atoms with E-state index >= 15 is 0 Å². The summed E-state index contributed by atoms with van der Waals surface area (Å²) in [5.74, 6) is 1.41. The lowest BCUT2D eigenvalue weighted by Gasteiger charge is -2.15. The van der Waals surface area contributed by atoms with Gasteiger partial charge in [-0.1, -0.05) is 54.1 Å². The molecule has 0 bridgehead atoms. The summed E-state index contributed by atoms with van der Waals surface area (Å²) in [6.07, 6.45) is -0.458. The minimum Gasteiger partial charge on any atom is -0.387 e. The average Bonchev–Trinajstić information content (AvgIpc) is 3.20. The fraction of sp³-hybridized carbons (Fsp3) is 0.217. The highest BCUT2D eigenvalue weighted by molar-refractivity contribution is 6.30. The van der Waals surface area contributed by atoms with Crippen LogP contribution in [-0.2, 0) is 0 Å². The maximum Gasteiger partial charge on any atom is 0.256 e. The van der Waals surface area contributed by atoms with Crippen LogP contribution < -0.4 is 10.6 Å². The summed E-state index contributed by atoms with van der Waals surface area (Å²) in [4.78, 5) is 8.92. The van der Waals surface area contributed by atoms with Gasteiger partial charge in [0, 0.05) is 23.3 Å². The first kappa shape index (κ1) is 21.6. The summed E-state index contributed by atoms with van der Waals surface area (Å²) in [7, 11) is 0. The van der Waals surface area contributed by atoms with E-state index in [0.717, 1.165) is 16.8 Å². The van der Waals surface area contributed by atoms with Gasteiger partial charge in [0.05, 0.1) is 24.6 Å². The van der Waals surface area contributed by atoms with Gasteiger partial charge in [-0.25, -0.2) is 4.98 Å². The maximum atomic E-state index is 10.5. The molecular formula is C23H22ClN7O. The minimum absolute atomic E-state index is 0.219. The highest BCUT2D eigenvalue weighted by Crippen LogP contribution is 2.24. The van der Waals surface area contributed by atoms with Gasteiger partial charge in [0.25, 0.3) is 5.78 Å². The highest BCUT2D eigenvalue weighted by atomic mass is 35.5. The summed E-state index contributed by atoms with van der Waals surface area (Å²) < 4.78 is 1.58. The second-order valence-electron chi connectivity index (χ2n) is 7.35. The Labute approximate surface area is 190 Å². The molecule has 3 N–H and O–H groups in total. The molecular weight excluding hydrogens is 426 g/mol. The van der Waals surface area contributed by atoms with E-state index in [-0.39, 0.29) is 12.5 Å². The Hall–Kier alpha value is -3.67. The van der Waals surface area contributed by atoms with E-state index in [1.165, 1.54) is 0 Å². The normalized spacial score (nSPS) is 12.8. The quantitative estimate of drug-likeness (QED) is 0.369. The summed E-state index contributed by atoms with van der Waals surface area (Å²) in [6.45, 7) is 2.16. The lowest BCUT2D eigenvalue weighted by Crippen LogP contribution is -2.15. The number of anilines is 2. The first-order valence-corrected chi connectivity index (χ1v) is 10.5. The van der Waals surface area contributed by atoms with Crippen molar-refractivity contribution in [3.63, 3.8) is 0 Å². The second kappa shape index (κ2) is 9.64. The molecule has 0 aliphatic heterocycles. The molecule has 2 aromatic heterocycles. The van der Waals surface area contributed by atoms with Crippen molar-refractivity contribution < 1.29 is 5.11 Å². The summed E-state index contributed by atoms with van der Waals surface area (Å²) >= 11 is 6.11. The number of benzene rings is 2. The standard InChI is InChI=1S/C23H22ClN7O/c1-15-12-21(26-14-20(32)16-6-3-2-4-7-16)31-23(27-15)29-22(30-31)28-19(10-11-25)17-8-5-9-18(24)13-17/h2-9,12-13,19-20,26,32H,10,14H2,1H3,(H,28,30)/t19-,20-/m1/s1. The molecule has 4 rings (SSSR count). The molecule has 0 unspecified atom stereocenters. The maximum absolute atomic E-state index is 10.5.